The van der Waals surface area contributed by atoms with Gasteiger partial charge < -0.3 is 0 Å². The normalized spacial score (nSPS) is 12.2. The van der Waals surface area contributed by atoms with Crippen LogP contribution in [0.15, 0.2) is 0 Å². The van der Waals surface area contributed by atoms with Gasteiger partial charge >= 0.3 is 6.18 Å². The van der Waals surface area contributed by atoms with Crippen LogP contribution in [-0.4, -0.2) is 9.78 Å². The van der Waals surface area contributed by atoms with Crippen molar-refractivity contribution >= 4 is 22.6 Å². The van der Waals surface area contributed by atoms with Crippen LogP contribution in [0.4, 0.5) is 13.2 Å². The van der Waals surface area contributed by atoms with Crippen molar-refractivity contribution in [3.05, 3.63) is 15.0 Å². The van der Waals surface area contributed by atoms with Crippen molar-refractivity contribution in [2.45, 2.75) is 13.1 Å². The molecule has 1 rings (SSSR count). The molecule has 0 saturated carbocycles. The summed E-state index contributed by atoms with van der Waals surface area (Å²) in [6.45, 7) is 1.41. The standard InChI is InChI=1S/C6H6F3IN2/c1-3-4(6(7,8)9)12(2)11-5(3)10/h1-2H3. The third-order valence-electron chi connectivity index (χ3n) is 1.49. The van der Waals surface area contributed by atoms with Crippen LogP contribution in [0.25, 0.3) is 0 Å². The smallest absolute Gasteiger partial charge is 0.262 e. The van der Waals surface area contributed by atoms with Gasteiger partial charge in [-0.15, -0.1) is 0 Å². The van der Waals surface area contributed by atoms with E-state index in [-0.39, 0.29) is 5.56 Å². The predicted octanol–water partition coefficient (Wildman–Crippen LogP) is 2.35. The zero-order chi connectivity index (χ0) is 9.52. The summed E-state index contributed by atoms with van der Waals surface area (Å²) >= 11 is 1.78. The highest BCUT2D eigenvalue weighted by Crippen LogP contribution is 2.32. The highest BCUT2D eigenvalue weighted by Gasteiger charge is 2.37. The molecule has 0 bridgehead atoms. The van der Waals surface area contributed by atoms with Crippen molar-refractivity contribution in [1.29, 1.82) is 0 Å². The zero-order valence-corrected chi connectivity index (χ0v) is 8.56. The van der Waals surface area contributed by atoms with Crippen LogP contribution in [0.3, 0.4) is 0 Å². The lowest BCUT2D eigenvalue weighted by atomic mass is 10.3. The summed E-state index contributed by atoms with van der Waals surface area (Å²) in [5.41, 5.74) is -0.488. The van der Waals surface area contributed by atoms with Gasteiger partial charge in [0.05, 0.1) is 0 Å². The highest BCUT2D eigenvalue weighted by molar-refractivity contribution is 14.1. The first kappa shape index (κ1) is 9.82. The third-order valence-corrected chi connectivity index (χ3v) is 2.52. The molecule has 2 nitrogen and oxygen atoms in total. The summed E-state index contributed by atoms with van der Waals surface area (Å²) in [7, 11) is 1.29. The van der Waals surface area contributed by atoms with E-state index in [4.69, 9.17) is 0 Å². The fourth-order valence-corrected chi connectivity index (χ4v) is 1.57. The van der Waals surface area contributed by atoms with Gasteiger partial charge in [0, 0.05) is 12.6 Å². The van der Waals surface area contributed by atoms with E-state index in [9.17, 15) is 13.2 Å². The molecular weight excluding hydrogens is 284 g/mol. The molecule has 68 valence electrons. The summed E-state index contributed by atoms with van der Waals surface area (Å²) in [5.74, 6) is 0. The lowest BCUT2D eigenvalue weighted by molar-refractivity contribution is -0.144. The van der Waals surface area contributed by atoms with E-state index < -0.39 is 11.9 Å². The lowest BCUT2D eigenvalue weighted by Crippen LogP contribution is -2.13. The molecule has 1 aromatic heterocycles. The maximum absolute atomic E-state index is 12.3. The molecular formula is C6H6F3IN2. The van der Waals surface area contributed by atoms with Crippen molar-refractivity contribution in [3.8, 4) is 0 Å². The Morgan fingerprint density at radius 2 is 1.92 bits per heavy atom. The number of aromatic nitrogens is 2. The Hall–Kier alpha value is -0.270. The fraction of sp³-hybridized carbons (Fsp3) is 0.500. The van der Waals surface area contributed by atoms with E-state index in [2.05, 4.69) is 5.10 Å². The topological polar surface area (TPSA) is 17.8 Å². The first-order valence-electron chi connectivity index (χ1n) is 3.10. The van der Waals surface area contributed by atoms with Gasteiger partial charge in [-0.25, -0.2) is 0 Å². The minimum absolute atomic E-state index is 0.186. The monoisotopic (exact) mass is 290 g/mol. The quantitative estimate of drug-likeness (QED) is 0.671. The van der Waals surface area contributed by atoms with Gasteiger partial charge in [-0.1, -0.05) is 0 Å². The number of hydrogen-bond donors (Lipinski definition) is 0. The van der Waals surface area contributed by atoms with E-state index >= 15 is 0 Å². The predicted molar refractivity (Wildman–Crippen MR) is 45.7 cm³/mol. The largest absolute Gasteiger partial charge is 0.433 e. The van der Waals surface area contributed by atoms with E-state index in [1.807, 2.05) is 0 Å². The van der Waals surface area contributed by atoms with Crippen molar-refractivity contribution in [1.82, 2.24) is 9.78 Å². The summed E-state index contributed by atoms with van der Waals surface area (Å²) in [4.78, 5) is 0. The van der Waals surface area contributed by atoms with E-state index in [1.165, 1.54) is 14.0 Å². The maximum atomic E-state index is 12.3. The van der Waals surface area contributed by atoms with Gasteiger partial charge in [0.15, 0.2) is 0 Å². The van der Waals surface area contributed by atoms with E-state index in [1.54, 1.807) is 22.6 Å². The van der Waals surface area contributed by atoms with Crippen LogP contribution in [0.1, 0.15) is 11.3 Å². The Bertz CT molecular complexity index is 302. The fourth-order valence-electron chi connectivity index (χ4n) is 0.993. The first-order valence-corrected chi connectivity index (χ1v) is 4.18. The summed E-state index contributed by atoms with van der Waals surface area (Å²) in [5, 5.41) is 3.66. The van der Waals surface area contributed by atoms with Gasteiger partial charge in [-0.05, 0) is 29.5 Å². The SMILES string of the molecule is Cc1c(I)nn(C)c1C(F)(F)F. The number of halogens is 4. The minimum atomic E-state index is -4.31. The third kappa shape index (κ3) is 1.57. The molecule has 0 unspecified atom stereocenters. The summed E-state index contributed by atoms with van der Waals surface area (Å²) < 4.78 is 38.0. The highest BCUT2D eigenvalue weighted by atomic mass is 127. The molecule has 0 atom stereocenters. The molecule has 12 heavy (non-hydrogen) atoms. The van der Waals surface area contributed by atoms with Crippen LogP contribution in [-0.2, 0) is 13.2 Å². The van der Waals surface area contributed by atoms with Crippen LogP contribution < -0.4 is 0 Å². The number of nitrogens with zero attached hydrogens (tertiary/aromatic N) is 2. The van der Waals surface area contributed by atoms with Crippen molar-refractivity contribution in [2.75, 3.05) is 0 Å². The van der Waals surface area contributed by atoms with Gasteiger partial charge in [0.25, 0.3) is 0 Å². The Labute approximate surface area is 80.9 Å². The number of rotatable bonds is 0. The zero-order valence-electron chi connectivity index (χ0n) is 6.41. The first-order chi connectivity index (χ1) is 5.34. The Balaban J connectivity index is 3.32. The molecule has 0 aliphatic heterocycles. The van der Waals surface area contributed by atoms with Gasteiger partial charge in [0.2, 0.25) is 0 Å². The summed E-state index contributed by atoms with van der Waals surface area (Å²) in [6, 6.07) is 0. The van der Waals surface area contributed by atoms with Crippen molar-refractivity contribution in [3.63, 3.8) is 0 Å². The van der Waals surface area contributed by atoms with Gasteiger partial charge in [0.1, 0.15) is 9.39 Å². The van der Waals surface area contributed by atoms with Crippen LogP contribution in [0.2, 0.25) is 0 Å². The molecule has 0 fully saturated rings. The minimum Gasteiger partial charge on any atom is -0.262 e. The molecule has 1 aromatic rings. The van der Waals surface area contributed by atoms with E-state index in [0.29, 0.717) is 3.70 Å². The average molecular weight is 290 g/mol. The maximum Gasteiger partial charge on any atom is 0.433 e. The van der Waals surface area contributed by atoms with E-state index in [0.717, 1.165) is 4.68 Å². The average Bonchev–Trinajstić information content (AvgIpc) is 2.05. The molecule has 0 aromatic carbocycles. The molecule has 0 amide bonds. The molecule has 0 spiro atoms. The lowest BCUT2D eigenvalue weighted by Gasteiger charge is -2.06. The second kappa shape index (κ2) is 2.90. The second-order valence-electron chi connectivity index (χ2n) is 2.39. The van der Waals surface area contributed by atoms with Crippen LogP contribution in [0.5, 0.6) is 0 Å². The Morgan fingerprint density at radius 1 is 1.42 bits per heavy atom. The second-order valence-corrected chi connectivity index (χ2v) is 3.41. The van der Waals surface area contributed by atoms with Crippen molar-refractivity contribution < 1.29 is 13.2 Å². The molecule has 0 aliphatic rings. The van der Waals surface area contributed by atoms with Crippen molar-refractivity contribution in [2.24, 2.45) is 7.05 Å². The number of aryl methyl sites for hydroxylation is 1. The van der Waals surface area contributed by atoms with Gasteiger partial charge in [-0.3, -0.25) is 4.68 Å². The summed E-state index contributed by atoms with van der Waals surface area (Å²) in [6.07, 6.45) is -4.31. The number of hydrogen-bond acceptors (Lipinski definition) is 1. The molecule has 6 heteroatoms. The molecule has 0 saturated heterocycles. The Morgan fingerprint density at radius 3 is 2.08 bits per heavy atom. The molecule has 0 radical (unpaired) electrons. The number of alkyl halides is 3. The van der Waals surface area contributed by atoms with Gasteiger partial charge in [-0.2, -0.15) is 18.3 Å². The molecule has 1 heterocycles. The Kier molecular flexibility index (Phi) is 2.37. The van der Waals surface area contributed by atoms with Crippen LogP contribution in [0, 0.1) is 10.6 Å². The van der Waals surface area contributed by atoms with Crippen LogP contribution >= 0.6 is 22.6 Å². The molecule has 0 N–H and O–H groups in total. The molecule has 0 aliphatic carbocycles.